The van der Waals surface area contributed by atoms with Gasteiger partial charge in [-0.15, -0.1) is 0 Å². The van der Waals surface area contributed by atoms with Gasteiger partial charge in [-0.05, 0) is 43.6 Å². The minimum Gasteiger partial charge on any atom is -0.337 e. The average Bonchev–Trinajstić information content (AvgIpc) is 3.06. The molecule has 1 heterocycles. The third-order valence-corrected chi connectivity index (χ3v) is 5.26. The van der Waals surface area contributed by atoms with E-state index in [9.17, 15) is 4.79 Å². The van der Waals surface area contributed by atoms with Crippen LogP contribution in [0.3, 0.4) is 0 Å². The maximum absolute atomic E-state index is 13.3. The van der Waals surface area contributed by atoms with Crippen LogP contribution in [0.2, 0.25) is 0 Å². The van der Waals surface area contributed by atoms with Crippen LogP contribution < -0.4 is 0 Å². The van der Waals surface area contributed by atoms with E-state index in [-0.39, 0.29) is 5.91 Å². The maximum Gasteiger partial charge on any atom is 0.254 e. The molecule has 1 fully saturated rings. The van der Waals surface area contributed by atoms with E-state index >= 15 is 0 Å². The van der Waals surface area contributed by atoms with Gasteiger partial charge in [-0.1, -0.05) is 61.9 Å². The van der Waals surface area contributed by atoms with Gasteiger partial charge >= 0.3 is 0 Å². The minimum absolute atomic E-state index is 0.157. The highest BCUT2D eigenvalue weighted by molar-refractivity contribution is 6.01. The Morgan fingerprint density at radius 2 is 1.72 bits per heavy atom. The predicted molar refractivity (Wildman–Crippen MR) is 104 cm³/mol. The van der Waals surface area contributed by atoms with Crippen LogP contribution in [0.15, 0.2) is 54.6 Å². The fourth-order valence-electron chi connectivity index (χ4n) is 3.97. The smallest absolute Gasteiger partial charge is 0.254 e. The van der Waals surface area contributed by atoms with Crippen molar-refractivity contribution in [1.29, 1.82) is 0 Å². The zero-order valence-corrected chi connectivity index (χ0v) is 15.5. The van der Waals surface area contributed by atoms with E-state index in [0.717, 1.165) is 36.2 Å². The third-order valence-electron chi connectivity index (χ3n) is 5.26. The van der Waals surface area contributed by atoms with E-state index in [2.05, 4.69) is 38.1 Å². The van der Waals surface area contributed by atoms with E-state index in [4.69, 9.17) is 0 Å². The van der Waals surface area contributed by atoms with Crippen LogP contribution in [0.5, 0.6) is 0 Å². The van der Waals surface area contributed by atoms with Gasteiger partial charge < -0.3 is 9.80 Å². The van der Waals surface area contributed by atoms with Crippen molar-refractivity contribution in [1.82, 2.24) is 9.80 Å². The molecule has 0 unspecified atom stereocenters. The number of hydrogen-bond donors (Lipinski definition) is 0. The molecule has 3 rings (SSSR count). The molecule has 2 aromatic rings. The summed E-state index contributed by atoms with van der Waals surface area (Å²) in [4.78, 5) is 17.6. The van der Waals surface area contributed by atoms with Gasteiger partial charge in [0.05, 0.1) is 0 Å². The van der Waals surface area contributed by atoms with Crippen molar-refractivity contribution in [2.75, 3.05) is 27.2 Å². The first-order valence-electron chi connectivity index (χ1n) is 9.22. The third kappa shape index (κ3) is 3.77. The number of carbonyl (C=O) groups excluding carboxylic acids is 1. The van der Waals surface area contributed by atoms with Crippen molar-refractivity contribution in [3.8, 4) is 11.1 Å². The lowest BCUT2D eigenvalue weighted by Gasteiger charge is -2.24. The lowest BCUT2D eigenvalue weighted by molar-refractivity contribution is 0.0781. The maximum atomic E-state index is 13.3. The summed E-state index contributed by atoms with van der Waals surface area (Å²) in [6.07, 6.45) is 2.34. The summed E-state index contributed by atoms with van der Waals surface area (Å²) in [7, 11) is 4.25. The van der Waals surface area contributed by atoms with Crippen LogP contribution in [0.1, 0.15) is 30.1 Å². The number of likely N-dealkylation sites (N-methyl/N-ethyl adjacent to an activating group) is 1. The van der Waals surface area contributed by atoms with Crippen molar-refractivity contribution >= 4 is 5.91 Å². The second-order valence-corrected chi connectivity index (χ2v) is 7.20. The Kier molecular flexibility index (Phi) is 5.54. The van der Waals surface area contributed by atoms with Gasteiger partial charge in [0.2, 0.25) is 0 Å². The number of likely N-dealkylation sites (tertiary alicyclic amines) is 1. The van der Waals surface area contributed by atoms with Crippen molar-refractivity contribution < 1.29 is 4.79 Å². The Morgan fingerprint density at radius 3 is 2.40 bits per heavy atom. The average molecular weight is 336 g/mol. The van der Waals surface area contributed by atoms with Crippen molar-refractivity contribution in [3.63, 3.8) is 0 Å². The van der Waals surface area contributed by atoms with E-state index in [1.165, 1.54) is 6.42 Å². The Hall–Kier alpha value is -2.13. The number of nitrogens with zero attached hydrogens (tertiary/aromatic N) is 2. The second kappa shape index (κ2) is 7.83. The van der Waals surface area contributed by atoms with Gasteiger partial charge in [-0.3, -0.25) is 4.79 Å². The zero-order chi connectivity index (χ0) is 17.8. The van der Waals surface area contributed by atoms with Gasteiger partial charge in [-0.2, -0.15) is 0 Å². The molecule has 0 bridgehead atoms. The van der Waals surface area contributed by atoms with Crippen LogP contribution >= 0.6 is 0 Å². The Balaban J connectivity index is 1.87. The number of amides is 1. The fourth-order valence-corrected chi connectivity index (χ4v) is 3.97. The largest absolute Gasteiger partial charge is 0.337 e. The number of benzene rings is 2. The molecule has 3 heteroatoms. The Bertz CT molecular complexity index is 711. The summed E-state index contributed by atoms with van der Waals surface area (Å²) >= 11 is 0. The highest BCUT2D eigenvalue weighted by Gasteiger charge is 2.36. The Labute approximate surface area is 151 Å². The summed E-state index contributed by atoms with van der Waals surface area (Å²) in [5, 5.41) is 0. The van der Waals surface area contributed by atoms with Crippen molar-refractivity contribution in [3.05, 3.63) is 60.2 Å². The first-order chi connectivity index (χ1) is 12.1. The monoisotopic (exact) mass is 336 g/mol. The molecule has 0 spiro atoms. The Morgan fingerprint density at radius 1 is 1.04 bits per heavy atom. The van der Waals surface area contributed by atoms with Crippen LogP contribution in [-0.2, 0) is 0 Å². The first kappa shape index (κ1) is 17.7. The second-order valence-electron chi connectivity index (χ2n) is 7.20. The summed E-state index contributed by atoms with van der Waals surface area (Å²) in [6, 6.07) is 18.6. The summed E-state index contributed by atoms with van der Waals surface area (Å²) in [5.41, 5.74) is 2.93. The molecule has 3 nitrogen and oxygen atoms in total. The van der Waals surface area contributed by atoms with Crippen LogP contribution in [0, 0.1) is 5.92 Å². The van der Waals surface area contributed by atoms with E-state index in [1.807, 2.05) is 47.4 Å². The molecular formula is C22H28N2O. The molecule has 0 saturated carbocycles. The van der Waals surface area contributed by atoms with Crippen molar-refractivity contribution in [2.45, 2.75) is 25.8 Å². The van der Waals surface area contributed by atoms with Gasteiger partial charge in [0.15, 0.2) is 0 Å². The topological polar surface area (TPSA) is 23.6 Å². The molecule has 0 radical (unpaired) electrons. The molecule has 1 aliphatic rings. The summed E-state index contributed by atoms with van der Waals surface area (Å²) in [5.74, 6) is 0.720. The zero-order valence-electron chi connectivity index (χ0n) is 15.5. The molecular weight excluding hydrogens is 308 g/mol. The molecule has 25 heavy (non-hydrogen) atoms. The molecule has 132 valence electrons. The molecule has 0 aromatic heterocycles. The number of carbonyl (C=O) groups is 1. The van der Waals surface area contributed by atoms with E-state index in [1.54, 1.807) is 0 Å². The lowest BCUT2D eigenvalue weighted by atomic mass is 9.97. The summed E-state index contributed by atoms with van der Waals surface area (Å²) < 4.78 is 0. The predicted octanol–water partition coefficient (Wildman–Crippen LogP) is 4.16. The van der Waals surface area contributed by atoms with Gasteiger partial charge in [0.25, 0.3) is 5.91 Å². The highest BCUT2D eigenvalue weighted by Crippen LogP contribution is 2.29. The molecule has 0 aliphatic carbocycles. The molecule has 2 aromatic carbocycles. The molecule has 1 saturated heterocycles. The van der Waals surface area contributed by atoms with Gasteiger partial charge in [-0.25, -0.2) is 0 Å². The van der Waals surface area contributed by atoms with Crippen LogP contribution in [0.4, 0.5) is 0 Å². The minimum atomic E-state index is 0.157. The van der Waals surface area contributed by atoms with Crippen LogP contribution in [0.25, 0.3) is 11.1 Å². The van der Waals surface area contributed by atoms with E-state index < -0.39 is 0 Å². The molecule has 0 N–H and O–H groups in total. The first-order valence-corrected chi connectivity index (χ1v) is 9.22. The highest BCUT2D eigenvalue weighted by atomic mass is 16.2. The number of hydrogen-bond acceptors (Lipinski definition) is 2. The molecule has 1 aliphatic heterocycles. The molecule has 2 atom stereocenters. The number of rotatable bonds is 5. The fraction of sp³-hybridized carbons (Fsp3) is 0.409. The lowest BCUT2D eigenvalue weighted by Crippen LogP contribution is -2.36. The van der Waals surface area contributed by atoms with E-state index in [0.29, 0.717) is 12.0 Å². The summed E-state index contributed by atoms with van der Waals surface area (Å²) in [6.45, 7) is 3.90. The normalized spacial score (nSPS) is 20.2. The van der Waals surface area contributed by atoms with Gasteiger partial charge in [0, 0.05) is 24.7 Å². The standard InChI is InChI=1S/C22H28N2O/c1-4-10-18-15-24(16-21(18)23(2)3)22(25)20-14-9-8-13-19(20)17-11-6-5-7-12-17/h5-9,11-14,18,21H,4,10,15-16H2,1-3H3/t18-,21-/m1/s1. The van der Waals surface area contributed by atoms with Crippen LogP contribution in [-0.4, -0.2) is 48.9 Å². The SMILES string of the molecule is CCC[C@@H]1CN(C(=O)c2ccccc2-c2ccccc2)C[C@H]1N(C)C. The van der Waals surface area contributed by atoms with Gasteiger partial charge in [0.1, 0.15) is 0 Å². The van der Waals surface area contributed by atoms with Crippen molar-refractivity contribution in [2.24, 2.45) is 5.92 Å². The quantitative estimate of drug-likeness (QED) is 0.819. The molecule has 1 amide bonds.